The van der Waals surface area contributed by atoms with Gasteiger partial charge in [-0.25, -0.2) is 14.5 Å². The fraction of sp³-hybridized carbons (Fsp3) is 0.423. The average molecular weight is 483 g/mol. The third-order valence-electron chi connectivity index (χ3n) is 5.75. The Kier molecular flexibility index (Phi) is 8.94. The fourth-order valence-electron chi connectivity index (χ4n) is 3.64. The summed E-state index contributed by atoms with van der Waals surface area (Å²) in [5.74, 6) is -0.384. The van der Waals surface area contributed by atoms with Crippen LogP contribution in [0, 0.1) is 12.8 Å². The van der Waals surface area contributed by atoms with E-state index in [1.54, 1.807) is 6.92 Å². The Hall–Kier alpha value is -3.75. The summed E-state index contributed by atoms with van der Waals surface area (Å²) < 4.78 is 10.5. The van der Waals surface area contributed by atoms with Gasteiger partial charge in [0.05, 0.1) is 26.2 Å². The van der Waals surface area contributed by atoms with E-state index in [0.717, 1.165) is 40.3 Å². The summed E-state index contributed by atoms with van der Waals surface area (Å²) in [7, 11) is 1.28. The molecule has 1 saturated heterocycles. The molecule has 1 heterocycles. The molecule has 0 bridgehead atoms. The molecule has 1 fully saturated rings. The van der Waals surface area contributed by atoms with Crippen molar-refractivity contribution in [1.82, 2.24) is 15.1 Å². The Morgan fingerprint density at radius 1 is 1.11 bits per heavy atom. The van der Waals surface area contributed by atoms with Crippen LogP contribution in [0.15, 0.2) is 48.5 Å². The lowest BCUT2D eigenvalue weighted by Gasteiger charge is -2.41. The number of unbranched alkanes of at least 4 members (excludes halogenated alkanes) is 1. The minimum absolute atomic E-state index is 0.0851. The first-order valence-electron chi connectivity index (χ1n) is 11.8. The molecular formula is C26H34N4O5. The number of esters is 1. The summed E-state index contributed by atoms with van der Waals surface area (Å²) >= 11 is 0. The topological polar surface area (TPSA) is 100 Å². The minimum atomic E-state index is -0.784. The number of carbonyl (C=O) groups is 3. The Labute approximate surface area is 206 Å². The first kappa shape index (κ1) is 25.9. The Morgan fingerprint density at radius 3 is 2.43 bits per heavy atom. The molecule has 35 heavy (non-hydrogen) atoms. The summed E-state index contributed by atoms with van der Waals surface area (Å²) in [5, 5.41) is 6.07. The van der Waals surface area contributed by atoms with Gasteiger partial charge in [-0.15, -0.1) is 0 Å². The number of ether oxygens (including phenoxy) is 2. The number of hydrogen-bond acceptors (Lipinski definition) is 6. The Bertz CT molecular complexity index is 1010. The highest BCUT2D eigenvalue weighted by atomic mass is 16.5. The van der Waals surface area contributed by atoms with Crippen LogP contribution in [-0.4, -0.2) is 54.4 Å². The Balaban J connectivity index is 1.79. The van der Waals surface area contributed by atoms with Gasteiger partial charge in [0.25, 0.3) is 0 Å². The summed E-state index contributed by atoms with van der Waals surface area (Å²) in [6, 6.07) is 14.1. The van der Waals surface area contributed by atoms with Crippen LogP contribution in [0.5, 0.6) is 5.75 Å². The van der Waals surface area contributed by atoms with Gasteiger partial charge in [-0.2, -0.15) is 0 Å². The maximum atomic E-state index is 13.4. The standard InChI is InChI=1S/C26H34N4O5/c1-5-6-15-35-22-13-11-21(12-14-22)27-24-28-25(32)30(16-19(3)23(31)34-4)26(33)29(24)17-20-9-7-18(2)8-10-20/h7-14,19,24,27H,5-6,15-17H2,1-4H3,(H,28,32)/t19-,24?/m0/s1. The molecular weight excluding hydrogens is 448 g/mol. The van der Waals surface area contributed by atoms with Crippen LogP contribution in [0.3, 0.4) is 0 Å². The monoisotopic (exact) mass is 482 g/mol. The first-order valence-corrected chi connectivity index (χ1v) is 11.8. The van der Waals surface area contributed by atoms with Gasteiger partial charge < -0.3 is 14.8 Å². The van der Waals surface area contributed by atoms with E-state index in [4.69, 9.17) is 9.47 Å². The Morgan fingerprint density at radius 2 is 1.80 bits per heavy atom. The fourth-order valence-corrected chi connectivity index (χ4v) is 3.64. The third kappa shape index (κ3) is 6.88. The summed E-state index contributed by atoms with van der Waals surface area (Å²) in [6.45, 7) is 6.55. The number of benzene rings is 2. The van der Waals surface area contributed by atoms with Gasteiger partial charge in [-0.05, 0) is 43.2 Å². The van der Waals surface area contributed by atoms with E-state index < -0.39 is 30.2 Å². The maximum absolute atomic E-state index is 13.4. The van der Waals surface area contributed by atoms with Crippen LogP contribution < -0.4 is 15.4 Å². The molecule has 2 aromatic carbocycles. The maximum Gasteiger partial charge on any atom is 0.331 e. The number of aryl methyl sites for hydroxylation is 1. The van der Waals surface area contributed by atoms with Crippen LogP contribution in [0.1, 0.15) is 37.8 Å². The highest BCUT2D eigenvalue weighted by molar-refractivity contribution is 5.96. The van der Waals surface area contributed by atoms with E-state index in [2.05, 4.69) is 17.6 Å². The zero-order valence-electron chi connectivity index (χ0n) is 20.7. The number of nitrogens with zero attached hydrogens (tertiary/aromatic N) is 2. The quantitative estimate of drug-likeness (QED) is 0.365. The van der Waals surface area contributed by atoms with Crippen molar-refractivity contribution in [3.8, 4) is 5.75 Å². The number of amides is 4. The van der Waals surface area contributed by atoms with Gasteiger partial charge in [0.2, 0.25) is 0 Å². The van der Waals surface area contributed by atoms with Crippen LogP contribution in [0.25, 0.3) is 0 Å². The number of hydrogen-bond donors (Lipinski definition) is 2. The molecule has 188 valence electrons. The number of imide groups is 1. The van der Waals surface area contributed by atoms with Gasteiger partial charge >= 0.3 is 18.0 Å². The van der Waals surface area contributed by atoms with E-state index in [-0.39, 0.29) is 13.1 Å². The van der Waals surface area contributed by atoms with Crippen molar-refractivity contribution in [2.45, 2.75) is 46.4 Å². The molecule has 0 aliphatic carbocycles. The van der Waals surface area contributed by atoms with Crippen LogP contribution >= 0.6 is 0 Å². The number of urea groups is 2. The van der Waals surface area contributed by atoms with Gasteiger partial charge in [0.15, 0.2) is 6.29 Å². The molecule has 3 rings (SSSR count). The van der Waals surface area contributed by atoms with Crippen molar-refractivity contribution >= 4 is 23.7 Å². The molecule has 0 aromatic heterocycles. The average Bonchev–Trinajstić information content (AvgIpc) is 2.85. The van der Waals surface area contributed by atoms with Crippen molar-refractivity contribution < 1.29 is 23.9 Å². The van der Waals surface area contributed by atoms with Crippen LogP contribution in [0.4, 0.5) is 15.3 Å². The molecule has 1 aliphatic rings. The van der Waals surface area contributed by atoms with Crippen molar-refractivity contribution in [1.29, 1.82) is 0 Å². The zero-order chi connectivity index (χ0) is 25.4. The molecule has 1 unspecified atom stereocenters. The third-order valence-corrected chi connectivity index (χ3v) is 5.75. The van der Waals surface area contributed by atoms with E-state index in [1.807, 2.05) is 55.5 Å². The van der Waals surface area contributed by atoms with E-state index in [1.165, 1.54) is 12.0 Å². The smallest absolute Gasteiger partial charge is 0.331 e. The van der Waals surface area contributed by atoms with Crippen molar-refractivity contribution in [3.63, 3.8) is 0 Å². The number of methoxy groups -OCH3 is 1. The van der Waals surface area contributed by atoms with Crippen molar-refractivity contribution in [2.24, 2.45) is 5.92 Å². The normalized spacial score (nSPS) is 16.5. The number of rotatable bonds is 11. The number of carbonyl (C=O) groups excluding carboxylic acids is 3. The van der Waals surface area contributed by atoms with Crippen molar-refractivity contribution in [3.05, 3.63) is 59.7 Å². The molecule has 2 atom stereocenters. The second-order valence-corrected chi connectivity index (χ2v) is 8.65. The second-order valence-electron chi connectivity index (χ2n) is 8.65. The molecule has 9 nitrogen and oxygen atoms in total. The number of anilines is 1. The lowest BCUT2D eigenvalue weighted by molar-refractivity contribution is -0.145. The van der Waals surface area contributed by atoms with Gasteiger partial charge in [-0.1, -0.05) is 50.1 Å². The zero-order valence-corrected chi connectivity index (χ0v) is 20.7. The lowest BCUT2D eigenvalue weighted by atomic mass is 10.1. The molecule has 2 N–H and O–H groups in total. The summed E-state index contributed by atoms with van der Waals surface area (Å²) in [5.41, 5.74) is 2.74. The highest BCUT2D eigenvalue weighted by Gasteiger charge is 2.39. The second kappa shape index (κ2) is 12.1. The van der Waals surface area contributed by atoms with Gasteiger partial charge in [0, 0.05) is 12.2 Å². The van der Waals surface area contributed by atoms with Gasteiger partial charge in [-0.3, -0.25) is 15.0 Å². The molecule has 4 amide bonds. The summed E-state index contributed by atoms with van der Waals surface area (Å²) in [6.07, 6.45) is 1.25. The lowest BCUT2D eigenvalue weighted by Crippen LogP contribution is -2.67. The SMILES string of the molecule is CCCCOc1ccc(NC2NC(=O)N(C[C@H](C)C(=O)OC)C(=O)N2Cc2ccc(C)cc2)cc1. The summed E-state index contributed by atoms with van der Waals surface area (Å²) in [4.78, 5) is 40.7. The molecule has 2 aromatic rings. The highest BCUT2D eigenvalue weighted by Crippen LogP contribution is 2.21. The predicted octanol–water partition coefficient (Wildman–Crippen LogP) is 4.33. The van der Waals surface area contributed by atoms with E-state index in [9.17, 15) is 14.4 Å². The number of nitrogens with one attached hydrogen (secondary N) is 2. The molecule has 0 spiro atoms. The molecule has 1 aliphatic heterocycles. The molecule has 0 radical (unpaired) electrons. The first-order chi connectivity index (χ1) is 16.8. The molecule has 9 heteroatoms. The van der Waals surface area contributed by atoms with E-state index in [0.29, 0.717) is 6.61 Å². The van der Waals surface area contributed by atoms with Gasteiger partial charge in [0.1, 0.15) is 5.75 Å². The minimum Gasteiger partial charge on any atom is -0.494 e. The predicted molar refractivity (Wildman–Crippen MR) is 133 cm³/mol. The van der Waals surface area contributed by atoms with Crippen molar-refractivity contribution in [2.75, 3.05) is 25.6 Å². The largest absolute Gasteiger partial charge is 0.494 e. The molecule has 0 saturated carbocycles. The van der Waals surface area contributed by atoms with E-state index >= 15 is 0 Å². The van der Waals surface area contributed by atoms with Crippen LogP contribution in [-0.2, 0) is 16.1 Å². The van der Waals surface area contributed by atoms with Crippen LogP contribution in [0.2, 0.25) is 0 Å².